The molecule has 0 saturated carbocycles. The van der Waals surface area contributed by atoms with Gasteiger partial charge in [-0.25, -0.2) is 9.98 Å². The fraction of sp³-hybridized carbons (Fsp3) is 0.524. The zero-order valence-electron chi connectivity index (χ0n) is 17.8. The number of ether oxygens (including phenoxy) is 2. The molecule has 0 bridgehead atoms. The minimum absolute atomic E-state index is 0. The maximum absolute atomic E-state index is 5.90. The van der Waals surface area contributed by atoms with Crippen molar-refractivity contribution in [1.82, 2.24) is 15.6 Å². The number of aryl methyl sites for hydroxylation is 2. The number of aromatic nitrogens is 1. The van der Waals surface area contributed by atoms with E-state index < -0.39 is 0 Å². The molecule has 1 aliphatic rings. The third-order valence-electron chi connectivity index (χ3n) is 4.61. The van der Waals surface area contributed by atoms with E-state index in [0.29, 0.717) is 31.5 Å². The second-order valence-corrected chi connectivity index (χ2v) is 6.93. The lowest BCUT2D eigenvalue weighted by Gasteiger charge is -2.13. The van der Waals surface area contributed by atoms with Gasteiger partial charge in [0, 0.05) is 24.1 Å². The summed E-state index contributed by atoms with van der Waals surface area (Å²) in [5, 5.41) is 6.52. The van der Waals surface area contributed by atoms with E-state index in [2.05, 4.69) is 34.7 Å². The first-order valence-corrected chi connectivity index (χ1v) is 9.90. The van der Waals surface area contributed by atoms with E-state index in [1.807, 2.05) is 27.7 Å². The molecule has 8 heteroatoms. The first-order chi connectivity index (χ1) is 13.5. The van der Waals surface area contributed by atoms with Crippen molar-refractivity contribution in [2.45, 2.75) is 60.2 Å². The number of oxazole rings is 1. The van der Waals surface area contributed by atoms with Gasteiger partial charge >= 0.3 is 0 Å². The molecule has 1 aliphatic heterocycles. The van der Waals surface area contributed by atoms with Gasteiger partial charge in [-0.15, -0.1) is 24.0 Å². The molecular weight excluding hydrogens is 483 g/mol. The third kappa shape index (κ3) is 6.01. The molecule has 1 aromatic carbocycles. The van der Waals surface area contributed by atoms with Crippen molar-refractivity contribution in [1.29, 1.82) is 0 Å². The molecule has 1 atom stereocenters. The highest BCUT2D eigenvalue weighted by atomic mass is 127. The highest BCUT2D eigenvalue weighted by Gasteiger charge is 2.21. The van der Waals surface area contributed by atoms with Gasteiger partial charge in [0.2, 0.25) is 5.89 Å². The Hall–Kier alpha value is -1.97. The van der Waals surface area contributed by atoms with Gasteiger partial charge in [0.1, 0.15) is 23.4 Å². The van der Waals surface area contributed by atoms with E-state index in [4.69, 9.17) is 18.9 Å². The summed E-state index contributed by atoms with van der Waals surface area (Å²) in [5.41, 5.74) is 3.12. The van der Waals surface area contributed by atoms with Crippen molar-refractivity contribution in [3.8, 4) is 11.5 Å². The molecule has 1 aromatic heterocycles. The number of guanidine groups is 1. The summed E-state index contributed by atoms with van der Waals surface area (Å²) >= 11 is 0. The van der Waals surface area contributed by atoms with E-state index in [1.54, 1.807) is 0 Å². The summed E-state index contributed by atoms with van der Waals surface area (Å²) < 4.78 is 17.4. The van der Waals surface area contributed by atoms with Crippen LogP contribution in [0, 0.1) is 13.8 Å². The van der Waals surface area contributed by atoms with Crippen LogP contribution in [0.2, 0.25) is 0 Å². The lowest BCUT2D eigenvalue weighted by atomic mass is 10.1. The summed E-state index contributed by atoms with van der Waals surface area (Å²) in [7, 11) is 0. The number of rotatable bonds is 7. The van der Waals surface area contributed by atoms with Crippen LogP contribution in [0.4, 0.5) is 0 Å². The Balaban J connectivity index is 0.00000300. The lowest BCUT2D eigenvalue weighted by Crippen LogP contribution is -2.36. The van der Waals surface area contributed by atoms with Gasteiger partial charge in [0.05, 0.1) is 25.4 Å². The molecule has 160 valence electrons. The number of fused-ring (bicyclic) bond motifs is 1. The summed E-state index contributed by atoms with van der Waals surface area (Å²) in [5.74, 6) is 4.00. The summed E-state index contributed by atoms with van der Waals surface area (Å²) in [4.78, 5) is 9.10. The summed E-state index contributed by atoms with van der Waals surface area (Å²) in [6, 6.07) is 4.14. The van der Waals surface area contributed by atoms with E-state index in [1.165, 1.54) is 5.56 Å². The first-order valence-electron chi connectivity index (χ1n) is 9.90. The van der Waals surface area contributed by atoms with Crippen LogP contribution in [0.25, 0.3) is 0 Å². The van der Waals surface area contributed by atoms with Crippen molar-refractivity contribution in [3.05, 3.63) is 40.6 Å². The van der Waals surface area contributed by atoms with Crippen LogP contribution in [0.15, 0.2) is 21.5 Å². The molecule has 2 N–H and O–H groups in total. The Morgan fingerprint density at radius 3 is 2.72 bits per heavy atom. The van der Waals surface area contributed by atoms with Crippen LogP contribution in [-0.4, -0.2) is 30.2 Å². The monoisotopic (exact) mass is 514 g/mol. The minimum atomic E-state index is 0. The Bertz CT molecular complexity index is 831. The third-order valence-corrected chi connectivity index (χ3v) is 4.61. The molecule has 0 aliphatic carbocycles. The molecule has 0 fully saturated rings. The maximum atomic E-state index is 5.90. The largest absolute Gasteiger partial charge is 0.494 e. The van der Waals surface area contributed by atoms with Gasteiger partial charge in [-0.2, -0.15) is 0 Å². The van der Waals surface area contributed by atoms with Crippen molar-refractivity contribution < 1.29 is 13.9 Å². The van der Waals surface area contributed by atoms with E-state index >= 15 is 0 Å². The Morgan fingerprint density at radius 2 is 2.07 bits per heavy atom. The molecule has 7 nitrogen and oxygen atoms in total. The zero-order valence-corrected chi connectivity index (χ0v) is 20.1. The smallest absolute Gasteiger partial charge is 0.214 e. The van der Waals surface area contributed by atoms with Crippen LogP contribution in [0.1, 0.15) is 49.2 Å². The quantitative estimate of drug-likeness (QED) is 0.332. The Labute approximate surface area is 189 Å². The van der Waals surface area contributed by atoms with Gasteiger partial charge in [0.15, 0.2) is 5.96 Å². The predicted octanol–water partition coefficient (Wildman–Crippen LogP) is 3.89. The van der Waals surface area contributed by atoms with Gasteiger partial charge in [-0.3, -0.25) is 0 Å². The predicted molar refractivity (Wildman–Crippen MR) is 124 cm³/mol. The molecule has 3 rings (SSSR count). The van der Waals surface area contributed by atoms with Crippen LogP contribution < -0.4 is 20.1 Å². The zero-order chi connectivity index (χ0) is 20.1. The first kappa shape index (κ1) is 23.3. The molecule has 2 aromatic rings. The maximum Gasteiger partial charge on any atom is 0.214 e. The Morgan fingerprint density at radius 1 is 1.28 bits per heavy atom. The highest BCUT2D eigenvalue weighted by Crippen LogP contribution is 2.35. The molecule has 0 spiro atoms. The molecule has 0 saturated heterocycles. The van der Waals surface area contributed by atoms with Crippen LogP contribution in [-0.2, 0) is 19.5 Å². The van der Waals surface area contributed by atoms with Crippen molar-refractivity contribution in [2.24, 2.45) is 4.99 Å². The second kappa shape index (κ2) is 10.7. The fourth-order valence-electron chi connectivity index (χ4n) is 3.17. The number of nitrogens with one attached hydrogen (secondary N) is 2. The molecule has 0 radical (unpaired) electrons. The van der Waals surface area contributed by atoms with Crippen LogP contribution >= 0.6 is 24.0 Å². The number of hydrogen-bond acceptors (Lipinski definition) is 5. The number of halogens is 1. The van der Waals surface area contributed by atoms with E-state index in [0.717, 1.165) is 41.5 Å². The van der Waals surface area contributed by atoms with Crippen molar-refractivity contribution >= 4 is 29.9 Å². The molecular formula is C21H31IN4O3. The fourth-order valence-corrected chi connectivity index (χ4v) is 3.17. The van der Waals surface area contributed by atoms with E-state index in [9.17, 15) is 0 Å². The number of nitrogens with zero attached hydrogens (tertiary/aromatic N) is 2. The molecule has 0 amide bonds. The van der Waals surface area contributed by atoms with Gasteiger partial charge in [-0.1, -0.05) is 0 Å². The van der Waals surface area contributed by atoms with Gasteiger partial charge in [-0.05, 0) is 46.8 Å². The minimum Gasteiger partial charge on any atom is -0.494 e. The molecule has 29 heavy (non-hydrogen) atoms. The van der Waals surface area contributed by atoms with Gasteiger partial charge < -0.3 is 24.5 Å². The summed E-state index contributed by atoms with van der Waals surface area (Å²) in [6.07, 6.45) is 1.12. The SMILES string of the molecule is CCNC(=NCc1cc2c(cc1OCC)CC(C)O2)NCc1nc(C)c(C)o1.I. The van der Waals surface area contributed by atoms with Crippen molar-refractivity contribution in [2.75, 3.05) is 13.2 Å². The number of hydrogen-bond donors (Lipinski definition) is 2. The van der Waals surface area contributed by atoms with Crippen LogP contribution in [0.3, 0.4) is 0 Å². The Kier molecular flexibility index (Phi) is 8.60. The second-order valence-electron chi connectivity index (χ2n) is 6.93. The lowest BCUT2D eigenvalue weighted by molar-refractivity contribution is 0.254. The standard InChI is InChI=1S/C21H30N4O3.HI/c1-6-22-21(24-12-20-25-14(4)15(5)28-20)23-11-17-10-19-16(8-13(3)27-19)9-18(17)26-7-2;/h9-10,13H,6-8,11-12H2,1-5H3,(H2,22,23,24);1H. The number of benzene rings is 1. The average molecular weight is 514 g/mol. The normalized spacial score (nSPS) is 15.3. The topological polar surface area (TPSA) is 80.9 Å². The molecule has 2 heterocycles. The number of aliphatic imine (C=N–C) groups is 1. The highest BCUT2D eigenvalue weighted by molar-refractivity contribution is 14.0. The van der Waals surface area contributed by atoms with E-state index in [-0.39, 0.29) is 30.1 Å². The molecule has 1 unspecified atom stereocenters. The van der Waals surface area contributed by atoms with Gasteiger partial charge in [0.25, 0.3) is 0 Å². The summed E-state index contributed by atoms with van der Waals surface area (Å²) in [6.45, 7) is 12.3. The average Bonchev–Trinajstić information content (AvgIpc) is 3.17. The van der Waals surface area contributed by atoms with Crippen molar-refractivity contribution in [3.63, 3.8) is 0 Å². The van der Waals surface area contributed by atoms with Crippen LogP contribution in [0.5, 0.6) is 11.5 Å².